The first-order valence-electron chi connectivity index (χ1n) is 6.84. The number of ether oxygens (including phenoxy) is 2. The highest BCUT2D eigenvalue weighted by Crippen LogP contribution is 2.45. The number of imidazole rings is 1. The molecule has 2 aliphatic heterocycles. The summed E-state index contributed by atoms with van der Waals surface area (Å²) >= 11 is 0. The van der Waals surface area contributed by atoms with Gasteiger partial charge in [-0.05, 0) is 7.05 Å². The van der Waals surface area contributed by atoms with Gasteiger partial charge in [0.15, 0.2) is 23.3 Å². The molecule has 2 aromatic heterocycles. The Bertz CT molecular complexity index is 721. The number of aromatic nitrogens is 4. The number of nitrogens with two attached hydrogens (primary N) is 1. The van der Waals surface area contributed by atoms with Gasteiger partial charge < -0.3 is 25.4 Å². The van der Waals surface area contributed by atoms with Crippen LogP contribution in [-0.2, 0) is 9.47 Å². The second-order valence-electron chi connectivity index (χ2n) is 5.46. The highest BCUT2D eigenvalue weighted by Gasteiger charge is 2.64. The van der Waals surface area contributed by atoms with Crippen molar-refractivity contribution in [3.8, 4) is 0 Å². The molecule has 0 amide bonds. The molecular formula is C12H16N6O4. The summed E-state index contributed by atoms with van der Waals surface area (Å²) < 4.78 is 12.8. The number of likely N-dealkylation sites (N-methyl/N-ethyl adjacent to an activating group) is 1. The molecule has 1 unspecified atom stereocenters. The van der Waals surface area contributed by atoms with Crippen LogP contribution in [0.5, 0.6) is 0 Å². The van der Waals surface area contributed by atoms with Crippen molar-refractivity contribution in [1.29, 1.82) is 0 Å². The van der Waals surface area contributed by atoms with E-state index in [1.54, 1.807) is 11.6 Å². The Morgan fingerprint density at radius 3 is 2.91 bits per heavy atom. The summed E-state index contributed by atoms with van der Waals surface area (Å²) in [5.74, 6) is 0.242. The van der Waals surface area contributed by atoms with E-state index in [1.807, 2.05) is 0 Å². The molecule has 0 bridgehead atoms. The normalized spacial score (nSPS) is 37.8. The number of nitrogens with zero attached hydrogens (tertiary/aromatic N) is 4. The van der Waals surface area contributed by atoms with Crippen molar-refractivity contribution in [3.63, 3.8) is 0 Å². The molecule has 118 valence electrons. The van der Waals surface area contributed by atoms with Crippen LogP contribution in [0.1, 0.15) is 6.23 Å². The van der Waals surface area contributed by atoms with Gasteiger partial charge in [-0.15, -0.1) is 0 Å². The molecule has 10 nitrogen and oxygen atoms in total. The van der Waals surface area contributed by atoms with E-state index in [9.17, 15) is 10.2 Å². The number of aliphatic hydroxyl groups is 2. The Morgan fingerprint density at radius 2 is 2.23 bits per heavy atom. The van der Waals surface area contributed by atoms with Crippen LogP contribution in [0.2, 0.25) is 0 Å². The quantitative estimate of drug-likeness (QED) is 0.494. The average molecular weight is 308 g/mol. The molecular weight excluding hydrogens is 292 g/mol. The zero-order chi connectivity index (χ0) is 15.5. The first kappa shape index (κ1) is 13.8. The minimum Gasteiger partial charge on any atom is -0.387 e. The molecule has 0 aliphatic carbocycles. The average Bonchev–Trinajstić information content (AvgIpc) is 3.02. The van der Waals surface area contributed by atoms with E-state index in [2.05, 4.69) is 20.3 Å². The van der Waals surface area contributed by atoms with E-state index in [0.717, 1.165) is 0 Å². The molecule has 0 saturated carbocycles. The van der Waals surface area contributed by atoms with Gasteiger partial charge in [0.05, 0.1) is 12.9 Å². The maximum atomic E-state index is 10.4. The van der Waals surface area contributed by atoms with Crippen LogP contribution in [0.3, 0.4) is 0 Å². The van der Waals surface area contributed by atoms with E-state index in [0.29, 0.717) is 11.2 Å². The number of nitrogen functional groups attached to an aromatic ring is 1. The number of rotatable bonds is 2. The van der Waals surface area contributed by atoms with E-state index in [1.165, 1.54) is 12.7 Å². The lowest BCUT2D eigenvalue weighted by molar-refractivity contribution is -0.290. The maximum Gasteiger partial charge on any atom is 0.167 e. The molecule has 22 heavy (non-hydrogen) atoms. The van der Waals surface area contributed by atoms with Crippen LogP contribution < -0.4 is 11.1 Å². The van der Waals surface area contributed by atoms with Crippen molar-refractivity contribution in [2.24, 2.45) is 0 Å². The van der Waals surface area contributed by atoms with Crippen molar-refractivity contribution in [3.05, 3.63) is 12.7 Å². The lowest BCUT2D eigenvalue weighted by Crippen LogP contribution is -2.69. The molecule has 5 atom stereocenters. The molecule has 4 rings (SSSR count). The van der Waals surface area contributed by atoms with Gasteiger partial charge in [0.1, 0.15) is 30.3 Å². The highest BCUT2D eigenvalue weighted by molar-refractivity contribution is 5.81. The first-order valence-corrected chi connectivity index (χ1v) is 6.84. The number of hydrogen-bond donors (Lipinski definition) is 4. The van der Waals surface area contributed by atoms with Crippen LogP contribution in [0, 0.1) is 0 Å². The lowest BCUT2D eigenvalue weighted by atomic mass is 9.90. The molecule has 4 heterocycles. The van der Waals surface area contributed by atoms with Crippen molar-refractivity contribution >= 4 is 17.0 Å². The number of aliphatic hydroxyl groups excluding tert-OH is 2. The van der Waals surface area contributed by atoms with Gasteiger partial charge in [0.2, 0.25) is 0 Å². The van der Waals surface area contributed by atoms with Crippen LogP contribution in [-0.4, -0.2) is 67.4 Å². The van der Waals surface area contributed by atoms with Crippen molar-refractivity contribution < 1.29 is 19.7 Å². The number of hydrogen-bond acceptors (Lipinski definition) is 9. The lowest BCUT2D eigenvalue weighted by Gasteiger charge is -2.47. The second kappa shape index (κ2) is 4.57. The third kappa shape index (κ3) is 1.58. The largest absolute Gasteiger partial charge is 0.387 e. The van der Waals surface area contributed by atoms with E-state index >= 15 is 0 Å². The van der Waals surface area contributed by atoms with Gasteiger partial charge in [-0.25, -0.2) is 15.0 Å². The third-order valence-corrected chi connectivity index (χ3v) is 4.30. The SMILES string of the molecule is CNC1OC[C@]12O[C@@H](n1cnc3c(N)ncnc31)[C@H](O)[C@@H]2O. The Labute approximate surface area is 124 Å². The monoisotopic (exact) mass is 308 g/mol. The van der Waals surface area contributed by atoms with Crippen LogP contribution in [0.25, 0.3) is 11.2 Å². The molecule has 2 saturated heterocycles. The Hall–Kier alpha value is -1.85. The van der Waals surface area contributed by atoms with E-state index < -0.39 is 30.3 Å². The van der Waals surface area contributed by atoms with Gasteiger partial charge in [0, 0.05) is 0 Å². The Balaban J connectivity index is 1.75. The van der Waals surface area contributed by atoms with Gasteiger partial charge >= 0.3 is 0 Å². The van der Waals surface area contributed by atoms with Crippen molar-refractivity contribution in [1.82, 2.24) is 24.8 Å². The molecule has 0 aromatic carbocycles. The fourth-order valence-corrected chi connectivity index (χ4v) is 3.08. The van der Waals surface area contributed by atoms with Gasteiger partial charge in [-0.3, -0.25) is 9.88 Å². The van der Waals surface area contributed by atoms with E-state index in [4.69, 9.17) is 15.2 Å². The smallest absolute Gasteiger partial charge is 0.167 e. The molecule has 0 radical (unpaired) electrons. The van der Waals surface area contributed by atoms with Crippen LogP contribution >= 0.6 is 0 Å². The predicted molar refractivity (Wildman–Crippen MR) is 73.4 cm³/mol. The first-order chi connectivity index (χ1) is 10.6. The predicted octanol–water partition coefficient (Wildman–Crippen LogP) is -2.03. The minimum atomic E-state index is -1.15. The topological polar surface area (TPSA) is 141 Å². The molecule has 2 fully saturated rings. The summed E-state index contributed by atoms with van der Waals surface area (Å²) in [5.41, 5.74) is 5.62. The number of nitrogens with one attached hydrogen (secondary N) is 1. The standard InChI is InChI=1S/C12H16N6O4/c1-14-11-12(2-21-11)7(20)6(19)10(22-12)18-4-17-5-8(13)15-3-16-9(5)18/h3-4,6-7,10-11,14,19-20H,2H2,1H3,(H2,13,15,16)/t6-,7+,10-,11?,12-/m1/s1. The summed E-state index contributed by atoms with van der Waals surface area (Å²) in [7, 11) is 1.70. The highest BCUT2D eigenvalue weighted by atomic mass is 16.7. The fourth-order valence-electron chi connectivity index (χ4n) is 3.08. The van der Waals surface area contributed by atoms with Crippen LogP contribution in [0.15, 0.2) is 12.7 Å². The zero-order valence-electron chi connectivity index (χ0n) is 11.7. The summed E-state index contributed by atoms with van der Waals surface area (Å²) in [6.07, 6.45) is -0.797. The van der Waals surface area contributed by atoms with E-state index in [-0.39, 0.29) is 12.4 Å². The maximum absolute atomic E-state index is 10.4. The fraction of sp³-hybridized carbons (Fsp3) is 0.583. The molecule has 5 N–H and O–H groups in total. The third-order valence-electron chi connectivity index (χ3n) is 4.30. The molecule has 10 heteroatoms. The van der Waals surface area contributed by atoms with Crippen molar-refractivity contribution in [2.45, 2.75) is 30.3 Å². The Morgan fingerprint density at radius 1 is 1.41 bits per heavy atom. The second-order valence-corrected chi connectivity index (χ2v) is 5.46. The summed E-state index contributed by atoms with van der Waals surface area (Å²) in [6.45, 7) is 0.191. The Kier molecular flexibility index (Phi) is 2.86. The molecule has 2 aliphatic rings. The molecule has 2 aromatic rings. The summed E-state index contributed by atoms with van der Waals surface area (Å²) in [4.78, 5) is 12.1. The summed E-state index contributed by atoms with van der Waals surface area (Å²) in [5, 5.41) is 23.7. The van der Waals surface area contributed by atoms with Gasteiger partial charge in [-0.1, -0.05) is 0 Å². The van der Waals surface area contributed by atoms with Gasteiger partial charge in [0.25, 0.3) is 0 Å². The van der Waals surface area contributed by atoms with Crippen molar-refractivity contribution in [2.75, 3.05) is 19.4 Å². The minimum absolute atomic E-state index is 0.191. The number of fused-ring (bicyclic) bond motifs is 1. The number of anilines is 1. The van der Waals surface area contributed by atoms with Crippen LogP contribution in [0.4, 0.5) is 5.82 Å². The molecule has 1 spiro atoms. The zero-order valence-corrected chi connectivity index (χ0v) is 11.7. The van der Waals surface area contributed by atoms with Gasteiger partial charge in [-0.2, -0.15) is 0 Å². The summed E-state index contributed by atoms with van der Waals surface area (Å²) in [6, 6.07) is 0.